The lowest BCUT2D eigenvalue weighted by Crippen LogP contribution is -2.37. The number of carbonyl (C=O) groups excluding carboxylic acids is 2. The number of nitrogens with zero attached hydrogens (tertiary/aromatic N) is 1. The molecule has 4 rings (SSSR count). The Labute approximate surface area is 156 Å². The van der Waals surface area contributed by atoms with Crippen molar-refractivity contribution in [2.45, 2.75) is 12.5 Å². The van der Waals surface area contributed by atoms with E-state index in [0.29, 0.717) is 12.3 Å². The van der Waals surface area contributed by atoms with Crippen molar-refractivity contribution in [2.24, 2.45) is 0 Å². The number of furan rings is 1. The first kappa shape index (κ1) is 16.9. The Morgan fingerprint density at radius 1 is 1.00 bits per heavy atom. The van der Waals surface area contributed by atoms with Crippen molar-refractivity contribution >= 4 is 17.5 Å². The minimum atomic E-state index is -0.314. The van der Waals surface area contributed by atoms with Gasteiger partial charge in [0.1, 0.15) is 11.5 Å². The van der Waals surface area contributed by atoms with Gasteiger partial charge in [0.05, 0.1) is 12.3 Å². The summed E-state index contributed by atoms with van der Waals surface area (Å²) in [5.74, 6) is 1.34. The van der Waals surface area contributed by atoms with E-state index in [0.717, 1.165) is 11.4 Å². The molecule has 2 amide bonds. The zero-order valence-corrected chi connectivity index (χ0v) is 14.5. The number of amides is 2. The number of rotatable bonds is 5. The number of carbonyl (C=O) groups is 2. The molecule has 1 aliphatic heterocycles. The molecule has 27 heavy (non-hydrogen) atoms. The van der Waals surface area contributed by atoms with Gasteiger partial charge in [0.25, 0.3) is 5.91 Å². The third-order valence-electron chi connectivity index (χ3n) is 4.33. The van der Waals surface area contributed by atoms with E-state index in [2.05, 4.69) is 5.32 Å². The summed E-state index contributed by atoms with van der Waals surface area (Å²) in [6, 6.07) is 19.8. The first-order valence-corrected chi connectivity index (χ1v) is 8.67. The third-order valence-corrected chi connectivity index (χ3v) is 4.33. The summed E-state index contributed by atoms with van der Waals surface area (Å²) in [4.78, 5) is 26.1. The van der Waals surface area contributed by atoms with E-state index in [1.54, 1.807) is 17.0 Å². The molecule has 0 spiro atoms. The number of nitrogens with one attached hydrogen (secondary N) is 1. The average molecular weight is 362 g/mol. The molecule has 136 valence electrons. The minimum absolute atomic E-state index is 0.0310. The maximum absolute atomic E-state index is 12.3. The summed E-state index contributed by atoms with van der Waals surface area (Å²) in [5, 5.41) is 2.84. The first-order valence-electron chi connectivity index (χ1n) is 8.67. The predicted octanol–water partition coefficient (Wildman–Crippen LogP) is 3.61. The molecular weight excluding hydrogens is 344 g/mol. The number of hydrogen-bond acceptors (Lipinski definition) is 4. The van der Waals surface area contributed by atoms with Crippen LogP contribution in [0.5, 0.6) is 11.5 Å². The maximum atomic E-state index is 12.3. The topological polar surface area (TPSA) is 71.8 Å². The van der Waals surface area contributed by atoms with E-state index in [1.807, 2.05) is 54.6 Å². The monoisotopic (exact) mass is 362 g/mol. The first-order chi connectivity index (χ1) is 13.2. The molecule has 3 aromatic rings. The Morgan fingerprint density at radius 3 is 2.44 bits per heavy atom. The molecule has 1 fully saturated rings. The quantitative estimate of drug-likeness (QED) is 0.753. The van der Waals surface area contributed by atoms with Crippen LogP contribution in [0.2, 0.25) is 0 Å². The smallest absolute Gasteiger partial charge is 0.287 e. The zero-order chi connectivity index (χ0) is 18.6. The Kier molecular flexibility index (Phi) is 4.61. The fraction of sp³-hybridized carbons (Fsp3) is 0.143. The van der Waals surface area contributed by atoms with E-state index >= 15 is 0 Å². The van der Waals surface area contributed by atoms with Crippen molar-refractivity contribution in [3.63, 3.8) is 0 Å². The van der Waals surface area contributed by atoms with Gasteiger partial charge in [-0.3, -0.25) is 9.59 Å². The fourth-order valence-corrected chi connectivity index (χ4v) is 3.04. The standard InChI is InChI=1S/C21H18N2O4/c24-20-13-15(22-21(25)19-7-4-12-26-19)14-23(20)16-8-10-18(11-9-16)27-17-5-2-1-3-6-17/h1-12,15H,13-14H2,(H,22,25). The van der Waals surface area contributed by atoms with Crippen LogP contribution in [0.3, 0.4) is 0 Å². The van der Waals surface area contributed by atoms with Crippen LogP contribution in [-0.4, -0.2) is 24.4 Å². The second kappa shape index (κ2) is 7.37. The highest BCUT2D eigenvalue weighted by molar-refractivity contribution is 5.98. The molecule has 0 radical (unpaired) electrons. The Hall–Kier alpha value is -3.54. The van der Waals surface area contributed by atoms with Gasteiger partial charge in [-0.1, -0.05) is 18.2 Å². The molecule has 0 aliphatic carbocycles. The van der Waals surface area contributed by atoms with Crippen LogP contribution in [0, 0.1) is 0 Å². The molecule has 0 saturated carbocycles. The Balaban J connectivity index is 1.39. The number of benzene rings is 2. The molecule has 2 aromatic carbocycles. The van der Waals surface area contributed by atoms with Crippen molar-refractivity contribution in [3.05, 3.63) is 78.8 Å². The van der Waals surface area contributed by atoms with Gasteiger partial charge < -0.3 is 19.4 Å². The molecular formula is C21H18N2O4. The van der Waals surface area contributed by atoms with Crippen LogP contribution < -0.4 is 15.0 Å². The predicted molar refractivity (Wildman–Crippen MR) is 99.9 cm³/mol. The second-order valence-corrected chi connectivity index (χ2v) is 6.27. The van der Waals surface area contributed by atoms with Gasteiger partial charge in [-0.2, -0.15) is 0 Å². The molecule has 1 atom stereocenters. The normalized spacial score (nSPS) is 16.4. The molecule has 6 nitrogen and oxygen atoms in total. The summed E-state index contributed by atoms with van der Waals surface area (Å²) in [6.07, 6.45) is 1.70. The number of hydrogen-bond donors (Lipinski definition) is 1. The zero-order valence-electron chi connectivity index (χ0n) is 14.5. The van der Waals surface area contributed by atoms with Gasteiger partial charge in [-0.05, 0) is 48.5 Å². The number of para-hydroxylation sites is 1. The molecule has 1 N–H and O–H groups in total. The van der Waals surface area contributed by atoms with E-state index in [4.69, 9.17) is 9.15 Å². The number of anilines is 1. The van der Waals surface area contributed by atoms with Gasteiger partial charge in [-0.15, -0.1) is 0 Å². The summed E-state index contributed by atoms with van der Waals surface area (Å²) < 4.78 is 10.8. The van der Waals surface area contributed by atoms with E-state index < -0.39 is 0 Å². The Bertz CT molecular complexity index is 921. The second-order valence-electron chi connectivity index (χ2n) is 6.27. The third kappa shape index (κ3) is 3.84. The van der Waals surface area contributed by atoms with Crippen molar-refractivity contribution in [3.8, 4) is 11.5 Å². The summed E-state index contributed by atoms with van der Waals surface area (Å²) in [6.45, 7) is 0.421. The number of ether oxygens (including phenoxy) is 1. The van der Waals surface area contributed by atoms with Gasteiger partial charge in [0, 0.05) is 18.7 Å². The van der Waals surface area contributed by atoms with Crippen LogP contribution in [0.1, 0.15) is 17.0 Å². The van der Waals surface area contributed by atoms with Crippen LogP contribution in [0.25, 0.3) is 0 Å². The van der Waals surface area contributed by atoms with Gasteiger partial charge in [-0.25, -0.2) is 0 Å². The molecule has 1 aliphatic rings. The summed E-state index contributed by atoms with van der Waals surface area (Å²) in [7, 11) is 0. The summed E-state index contributed by atoms with van der Waals surface area (Å²) in [5.41, 5.74) is 0.773. The minimum Gasteiger partial charge on any atom is -0.459 e. The molecule has 6 heteroatoms. The van der Waals surface area contributed by atoms with Crippen molar-refractivity contribution in [2.75, 3.05) is 11.4 Å². The van der Waals surface area contributed by atoms with Crippen LogP contribution >= 0.6 is 0 Å². The largest absolute Gasteiger partial charge is 0.459 e. The molecule has 1 unspecified atom stereocenters. The molecule has 0 bridgehead atoms. The van der Waals surface area contributed by atoms with Crippen LogP contribution in [0.15, 0.2) is 77.4 Å². The highest BCUT2D eigenvalue weighted by Gasteiger charge is 2.32. The highest BCUT2D eigenvalue weighted by Crippen LogP contribution is 2.27. The fourth-order valence-electron chi connectivity index (χ4n) is 3.04. The van der Waals surface area contributed by atoms with E-state index in [-0.39, 0.29) is 30.0 Å². The van der Waals surface area contributed by atoms with Gasteiger partial charge >= 0.3 is 0 Å². The van der Waals surface area contributed by atoms with Crippen LogP contribution in [0.4, 0.5) is 5.69 Å². The van der Waals surface area contributed by atoms with Gasteiger partial charge in [0.2, 0.25) is 5.91 Å². The molecule has 2 heterocycles. The lowest BCUT2D eigenvalue weighted by atomic mass is 10.2. The maximum Gasteiger partial charge on any atom is 0.287 e. The van der Waals surface area contributed by atoms with E-state index in [1.165, 1.54) is 6.26 Å². The van der Waals surface area contributed by atoms with Crippen LogP contribution in [-0.2, 0) is 4.79 Å². The van der Waals surface area contributed by atoms with Crippen molar-refractivity contribution < 1.29 is 18.7 Å². The van der Waals surface area contributed by atoms with E-state index in [9.17, 15) is 9.59 Å². The van der Waals surface area contributed by atoms with Crippen molar-refractivity contribution in [1.29, 1.82) is 0 Å². The highest BCUT2D eigenvalue weighted by atomic mass is 16.5. The lowest BCUT2D eigenvalue weighted by molar-refractivity contribution is -0.117. The summed E-state index contributed by atoms with van der Waals surface area (Å²) >= 11 is 0. The molecule has 1 aromatic heterocycles. The molecule has 1 saturated heterocycles. The average Bonchev–Trinajstić information content (AvgIpc) is 3.33. The Morgan fingerprint density at radius 2 is 1.74 bits per heavy atom. The van der Waals surface area contributed by atoms with Gasteiger partial charge in [0.15, 0.2) is 5.76 Å². The SMILES string of the molecule is O=C(NC1CC(=O)N(c2ccc(Oc3ccccc3)cc2)C1)c1ccco1. The van der Waals surface area contributed by atoms with Crippen molar-refractivity contribution in [1.82, 2.24) is 5.32 Å². The lowest BCUT2D eigenvalue weighted by Gasteiger charge is -2.17.